The Bertz CT molecular complexity index is 421. The molecule has 0 saturated heterocycles. The van der Waals surface area contributed by atoms with E-state index in [-0.39, 0.29) is 18.5 Å². The number of hydrogen-bond donors (Lipinski definition) is 2. The van der Waals surface area contributed by atoms with Crippen molar-refractivity contribution in [2.24, 2.45) is 5.73 Å². The lowest BCUT2D eigenvalue weighted by atomic mass is 10.1. The van der Waals surface area contributed by atoms with Crippen molar-refractivity contribution in [1.29, 1.82) is 0 Å². The van der Waals surface area contributed by atoms with Crippen LogP contribution in [0, 0.1) is 5.82 Å². The fraction of sp³-hybridized carbons (Fsp3) is 0.462. The summed E-state index contributed by atoms with van der Waals surface area (Å²) in [5.74, 6) is -0.946. The average molecular weight is 254 g/mol. The lowest BCUT2D eigenvalue weighted by Crippen LogP contribution is -2.33. The molecule has 0 fully saturated rings. The van der Waals surface area contributed by atoms with Gasteiger partial charge in [-0.25, -0.2) is 4.39 Å². The minimum atomic E-state index is -0.575. The molecule has 0 radical (unpaired) electrons. The Labute approximate surface area is 106 Å². The predicted octanol–water partition coefficient (Wildman–Crippen LogP) is 1.13. The number of amides is 1. The van der Waals surface area contributed by atoms with E-state index in [1.165, 1.54) is 18.2 Å². The second-order valence-corrected chi connectivity index (χ2v) is 4.46. The van der Waals surface area contributed by atoms with Crippen LogP contribution in [0.3, 0.4) is 0 Å². The lowest BCUT2D eigenvalue weighted by molar-refractivity contribution is 0.1000. The number of carbonyl (C=O) groups is 1. The Morgan fingerprint density at radius 3 is 2.67 bits per heavy atom. The van der Waals surface area contributed by atoms with Gasteiger partial charge in [-0.05, 0) is 32.0 Å². The highest BCUT2D eigenvalue weighted by molar-refractivity contribution is 5.92. The van der Waals surface area contributed by atoms with Gasteiger partial charge in [0.2, 0.25) is 5.91 Å². The molecule has 100 valence electrons. The van der Waals surface area contributed by atoms with Gasteiger partial charge in [-0.3, -0.25) is 9.69 Å². The Balaban J connectivity index is 2.93. The van der Waals surface area contributed by atoms with Gasteiger partial charge in [0.15, 0.2) is 0 Å². The van der Waals surface area contributed by atoms with E-state index in [0.29, 0.717) is 24.2 Å². The number of aliphatic hydroxyl groups is 1. The zero-order valence-corrected chi connectivity index (χ0v) is 10.7. The van der Waals surface area contributed by atoms with Crippen LogP contribution in [0.2, 0.25) is 0 Å². The SMILES string of the molecule is CC(C)N(CCO)Cc1cc(C(N)=O)ccc1F. The van der Waals surface area contributed by atoms with Crippen LogP contribution in [0.4, 0.5) is 4.39 Å². The van der Waals surface area contributed by atoms with Crippen molar-refractivity contribution in [1.82, 2.24) is 4.90 Å². The monoisotopic (exact) mass is 254 g/mol. The van der Waals surface area contributed by atoms with Crippen molar-refractivity contribution in [3.63, 3.8) is 0 Å². The van der Waals surface area contributed by atoms with Crippen molar-refractivity contribution in [3.05, 3.63) is 35.1 Å². The van der Waals surface area contributed by atoms with Crippen molar-refractivity contribution in [3.8, 4) is 0 Å². The van der Waals surface area contributed by atoms with E-state index in [1.54, 1.807) is 0 Å². The van der Waals surface area contributed by atoms with Crippen LogP contribution >= 0.6 is 0 Å². The molecule has 0 bridgehead atoms. The maximum atomic E-state index is 13.7. The Hall–Kier alpha value is -1.46. The van der Waals surface area contributed by atoms with Gasteiger partial charge < -0.3 is 10.8 Å². The highest BCUT2D eigenvalue weighted by atomic mass is 19.1. The Morgan fingerprint density at radius 1 is 1.50 bits per heavy atom. The molecular formula is C13H19FN2O2. The molecule has 1 aromatic carbocycles. The topological polar surface area (TPSA) is 66.6 Å². The van der Waals surface area contributed by atoms with Crippen LogP contribution in [-0.4, -0.2) is 35.1 Å². The van der Waals surface area contributed by atoms with Crippen LogP contribution in [0.1, 0.15) is 29.8 Å². The van der Waals surface area contributed by atoms with Gasteiger partial charge in [0.05, 0.1) is 6.61 Å². The molecule has 0 spiro atoms. The standard InChI is InChI=1S/C13H19FN2O2/c1-9(2)16(5-6-17)8-11-7-10(13(15)18)3-4-12(11)14/h3-4,7,9,17H,5-6,8H2,1-2H3,(H2,15,18). The van der Waals surface area contributed by atoms with Gasteiger partial charge in [0.25, 0.3) is 0 Å². The van der Waals surface area contributed by atoms with Gasteiger partial charge in [-0.2, -0.15) is 0 Å². The highest BCUT2D eigenvalue weighted by Gasteiger charge is 2.13. The number of hydrogen-bond acceptors (Lipinski definition) is 3. The Kier molecular flexibility index (Phi) is 5.25. The minimum absolute atomic E-state index is 0.00924. The molecule has 1 aromatic rings. The molecule has 0 heterocycles. The number of benzene rings is 1. The summed E-state index contributed by atoms with van der Waals surface area (Å²) in [7, 11) is 0. The number of carbonyl (C=O) groups excluding carboxylic acids is 1. The maximum Gasteiger partial charge on any atom is 0.248 e. The zero-order valence-electron chi connectivity index (χ0n) is 10.7. The molecule has 3 N–H and O–H groups in total. The smallest absolute Gasteiger partial charge is 0.248 e. The quantitative estimate of drug-likeness (QED) is 0.799. The third-order valence-corrected chi connectivity index (χ3v) is 2.82. The van der Waals surface area contributed by atoms with E-state index in [9.17, 15) is 9.18 Å². The van der Waals surface area contributed by atoms with Gasteiger partial charge in [0.1, 0.15) is 5.82 Å². The van der Waals surface area contributed by atoms with E-state index in [2.05, 4.69) is 0 Å². The third-order valence-electron chi connectivity index (χ3n) is 2.82. The molecule has 0 saturated carbocycles. The number of aliphatic hydroxyl groups excluding tert-OH is 1. The molecule has 1 amide bonds. The van der Waals surface area contributed by atoms with Crippen LogP contribution < -0.4 is 5.73 Å². The second-order valence-electron chi connectivity index (χ2n) is 4.46. The summed E-state index contributed by atoms with van der Waals surface area (Å²) < 4.78 is 13.7. The first-order valence-corrected chi connectivity index (χ1v) is 5.88. The molecule has 1 rings (SSSR count). The summed E-state index contributed by atoms with van der Waals surface area (Å²) in [5, 5.41) is 8.97. The summed E-state index contributed by atoms with van der Waals surface area (Å²) >= 11 is 0. The van der Waals surface area contributed by atoms with Crippen LogP contribution in [-0.2, 0) is 6.54 Å². The number of nitrogens with two attached hydrogens (primary N) is 1. The van der Waals surface area contributed by atoms with Gasteiger partial charge >= 0.3 is 0 Å². The van der Waals surface area contributed by atoms with Crippen molar-refractivity contribution < 1.29 is 14.3 Å². The van der Waals surface area contributed by atoms with E-state index in [0.717, 1.165) is 0 Å². The number of rotatable bonds is 6. The number of nitrogens with zero attached hydrogens (tertiary/aromatic N) is 1. The van der Waals surface area contributed by atoms with Crippen molar-refractivity contribution >= 4 is 5.91 Å². The van der Waals surface area contributed by atoms with E-state index in [4.69, 9.17) is 10.8 Å². The molecule has 0 unspecified atom stereocenters. The maximum absolute atomic E-state index is 13.7. The number of primary amides is 1. The molecule has 0 aromatic heterocycles. The fourth-order valence-corrected chi connectivity index (χ4v) is 1.72. The molecule has 0 atom stereocenters. The van der Waals surface area contributed by atoms with Crippen LogP contribution in [0.15, 0.2) is 18.2 Å². The normalized spacial score (nSPS) is 11.2. The average Bonchev–Trinajstić information content (AvgIpc) is 2.30. The highest BCUT2D eigenvalue weighted by Crippen LogP contribution is 2.14. The van der Waals surface area contributed by atoms with Gasteiger partial charge in [-0.1, -0.05) is 0 Å². The van der Waals surface area contributed by atoms with E-state index in [1.807, 2.05) is 18.7 Å². The predicted molar refractivity (Wildman–Crippen MR) is 67.5 cm³/mol. The molecule has 5 heteroatoms. The first kappa shape index (κ1) is 14.6. The van der Waals surface area contributed by atoms with Crippen molar-refractivity contribution in [2.75, 3.05) is 13.2 Å². The molecule has 0 aliphatic carbocycles. The second kappa shape index (κ2) is 6.47. The molecule has 18 heavy (non-hydrogen) atoms. The Morgan fingerprint density at radius 2 is 2.17 bits per heavy atom. The first-order chi connectivity index (χ1) is 8.45. The minimum Gasteiger partial charge on any atom is -0.395 e. The summed E-state index contributed by atoms with van der Waals surface area (Å²) in [6.07, 6.45) is 0. The van der Waals surface area contributed by atoms with Crippen LogP contribution in [0.25, 0.3) is 0 Å². The van der Waals surface area contributed by atoms with Gasteiger partial charge in [0, 0.05) is 30.3 Å². The molecule has 0 aliphatic rings. The summed E-state index contributed by atoms with van der Waals surface area (Å²) in [6.45, 7) is 4.73. The molecule has 4 nitrogen and oxygen atoms in total. The van der Waals surface area contributed by atoms with Gasteiger partial charge in [-0.15, -0.1) is 0 Å². The fourth-order valence-electron chi connectivity index (χ4n) is 1.72. The lowest BCUT2D eigenvalue weighted by Gasteiger charge is -2.25. The largest absolute Gasteiger partial charge is 0.395 e. The third kappa shape index (κ3) is 3.78. The van der Waals surface area contributed by atoms with E-state index < -0.39 is 5.91 Å². The summed E-state index contributed by atoms with van der Waals surface area (Å²) in [6, 6.07) is 4.25. The number of halogens is 1. The summed E-state index contributed by atoms with van der Waals surface area (Å²) in [5.41, 5.74) is 5.87. The molecular weight excluding hydrogens is 235 g/mol. The first-order valence-electron chi connectivity index (χ1n) is 5.88. The van der Waals surface area contributed by atoms with Crippen LogP contribution in [0.5, 0.6) is 0 Å². The molecule has 0 aliphatic heterocycles. The van der Waals surface area contributed by atoms with Crippen molar-refractivity contribution in [2.45, 2.75) is 26.4 Å². The summed E-state index contributed by atoms with van der Waals surface area (Å²) in [4.78, 5) is 13.0. The van der Waals surface area contributed by atoms with E-state index >= 15 is 0 Å². The zero-order chi connectivity index (χ0) is 13.7.